The molecular formula is C28H26FN5O2S. The Hall–Kier alpha value is -4.11. The van der Waals surface area contributed by atoms with Gasteiger partial charge in [0.05, 0.1) is 17.3 Å². The van der Waals surface area contributed by atoms with Crippen LogP contribution in [0.5, 0.6) is 0 Å². The van der Waals surface area contributed by atoms with E-state index in [1.165, 1.54) is 18.2 Å². The number of benzene rings is 3. The highest BCUT2D eigenvalue weighted by atomic mass is 32.2. The van der Waals surface area contributed by atoms with Gasteiger partial charge >= 0.3 is 6.03 Å². The number of urea groups is 1. The summed E-state index contributed by atoms with van der Waals surface area (Å²) >= 11 is 1.68. The van der Waals surface area contributed by atoms with E-state index >= 15 is 0 Å². The lowest BCUT2D eigenvalue weighted by molar-refractivity contribution is -0.113. The quantitative estimate of drug-likeness (QED) is 0.376. The number of hydrogen-bond acceptors (Lipinski definition) is 5. The van der Waals surface area contributed by atoms with Crippen LogP contribution in [-0.2, 0) is 4.79 Å². The first-order valence-electron chi connectivity index (χ1n) is 12.0. The van der Waals surface area contributed by atoms with E-state index in [0.29, 0.717) is 28.3 Å². The molecule has 9 heteroatoms. The lowest BCUT2D eigenvalue weighted by Gasteiger charge is -2.41. The molecule has 3 aromatic rings. The third-order valence-electron chi connectivity index (χ3n) is 6.08. The summed E-state index contributed by atoms with van der Waals surface area (Å²) in [6.07, 6.45) is 0.973. The fraction of sp³-hybridized carbons (Fsp3) is 0.179. The minimum atomic E-state index is -0.490. The molecule has 3 amide bonds. The van der Waals surface area contributed by atoms with Crippen molar-refractivity contribution in [2.45, 2.75) is 19.4 Å². The first-order chi connectivity index (χ1) is 18.0. The lowest BCUT2D eigenvalue weighted by Crippen LogP contribution is -2.43. The molecule has 0 aliphatic carbocycles. The number of amides is 3. The fourth-order valence-corrected chi connectivity index (χ4v) is 5.49. The van der Waals surface area contributed by atoms with Crippen LogP contribution in [0, 0.1) is 5.82 Å². The van der Waals surface area contributed by atoms with Gasteiger partial charge in [0.1, 0.15) is 5.82 Å². The van der Waals surface area contributed by atoms with Crippen molar-refractivity contribution >= 4 is 45.9 Å². The van der Waals surface area contributed by atoms with Crippen LogP contribution in [0.25, 0.3) is 0 Å². The van der Waals surface area contributed by atoms with Crippen molar-refractivity contribution in [1.29, 1.82) is 0 Å². The SMILES string of the molecule is CC1=C(C(=O)Nc2ccccc2)C(c2cccc(NC(=O)Nc3cccc(F)c3)c2)N2CCCSC2=N1. The zero-order valence-corrected chi connectivity index (χ0v) is 21.0. The Morgan fingerprint density at radius 3 is 2.38 bits per heavy atom. The number of rotatable bonds is 5. The summed E-state index contributed by atoms with van der Waals surface area (Å²) < 4.78 is 13.5. The number of para-hydroxylation sites is 1. The van der Waals surface area contributed by atoms with E-state index in [1.807, 2.05) is 55.5 Å². The number of hydrogen-bond donors (Lipinski definition) is 3. The van der Waals surface area contributed by atoms with E-state index in [2.05, 4.69) is 20.9 Å². The van der Waals surface area contributed by atoms with Gasteiger partial charge in [0.15, 0.2) is 5.17 Å². The van der Waals surface area contributed by atoms with Crippen molar-refractivity contribution in [1.82, 2.24) is 4.90 Å². The molecule has 2 heterocycles. The molecule has 3 N–H and O–H groups in total. The molecule has 0 saturated carbocycles. The molecule has 1 unspecified atom stereocenters. The molecule has 5 rings (SSSR count). The Morgan fingerprint density at radius 2 is 1.62 bits per heavy atom. The Kier molecular flexibility index (Phi) is 7.23. The van der Waals surface area contributed by atoms with Gasteiger partial charge in [-0.1, -0.05) is 48.2 Å². The number of carbonyl (C=O) groups is 2. The summed E-state index contributed by atoms with van der Waals surface area (Å²) in [7, 11) is 0. The van der Waals surface area contributed by atoms with Crippen LogP contribution < -0.4 is 16.0 Å². The van der Waals surface area contributed by atoms with Gasteiger partial charge in [0.2, 0.25) is 0 Å². The molecule has 0 bridgehead atoms. The summed E-state index contributed by atoms with van der Waals surface area (Å²) in [6, 6.07) is 21.6. The number of nitrogens with one attached hydrogen (secondary N) is 3. The molecule has 188 valence electrons. The average Bonchev–Trinajstić information content (AvgIpc) is 2.88. The second kappa shape index (κ2) is 10.9. The number of carbonyl (C=O) groups excluding carboxylic acids is 2. The second-order valence-corrected chi connectivity index (χ2v) is 9.79. The minimum absolute atomic E-state index is 0.214. The summed E-state index contributed by atoms with van der Waals surface area (Å²) in [5, 5.41) is 9.36. The molecule has 3 aromatic carbocycles. The maximum atomic E-state index is 13.5. The molecule has 0 spiro atoms. The van der Waals surface area contributed by atoms with E-state index in [0.717, 1.165) is 29.4 Å². The number of amidine groups is 1. The van der Waals surface area contributed by atoms with Gasteiger partial charge in [0, 0.05) is 29.4 Å². The standard InChI is InChI=1S/C28H26FN5O2S/c1-18-24(26(35)31-21-10-3-2-4-11-21)25(34-14-7-15-37-28(34)30-18)19-8-5-12-22(16-19)32-27(36)33-23-13-6-9-20(29)17-23/h2-6,8-13,16-17,25H,7,14-15H2,1H3,(H,31,35)(H2,32,33,36). The van der Waals surface area contributed by atoms with Crippen molar-refractivity contribution in [3.05, 3.63) is 102 Å². The highest BCUT2D eigenvalue weighted by molar-refractivity contribution is 8.13. The topological polar surface area (TPSA) is 85.8 Å². The molecule has 7 nitrogen and oxygen atoms in total. The largest absolute Gasteiger partial charge is 0.340 e. The van der Waals surface area contributed by atoms with Crippen molar-refractivity contribution < 1.29 is 14.0 Å². The molecule has 37 heavy (non-hydrogen) atoms. The lowest BCUT2D eigenvalue weighted by atomic mass is 9.93. The van der Waals surface area contributed by atoms with Gasteiger partial charge in [0.25, 0.3) is 5.91 Å². The van der Waals surface area contributed by atoms with Crippen molar-refractivity contribution in [2.75, 3.05) is 28.2 Å². The molecule has 0 radical (unpaired) electrons. The molecule has 2 aliphatic rings. The minimum Gasteiger partial charge on any atom is -0.340 e. The van der Waals surface area contributed by atoms with Crippen LogP contribution in [0.1, 0.15) is 24.9 Å². The third-order valence-corrected chi connectivity index (χ3v) is 7.15. The van der Waals surface area contributed by atoms with Gasteiger partial charge in [-0.3, -0.25) is 4.79 Å². The van der Waals surface area contributed by atoms with Crippen LogP contribution in [-0.4, -0.2) is 34.3 Å². The Labute approximate surface area is 218 Å². The normalized spacial score (nSPS) is 17.0. The van der Waals surface area contributed by atoms with Crippen LogP contribution in [0.15, 0.2) is 95.1 Å². The average molecular weight is 516 g/mol. The third kappa shape index (κ3) is 5.67. The maximum absolute atomic E-state index is 13.5. The van der Waals surface area contributed by atoms with E-state index < -0.39 is 11.8 Å². The zero-order valence-electron chi connectivity index (χ0n) is 20.2. The monoisotopic (exact) mass is 515 g/mol. The number of aliphatic imine (C=N–C) groups is 1. The zero-order chi connectivity index (χ0) is 25.8. The van der Waals surface area contributed by atoms with Crippen molar-refractivity contribution in [3.8, 4) is 0 Å². The van der Waals surface area contributed by atoms with Crippen LogP contribution >= 0.6 is 11.8 Å². The number of thioether (sulfide) groups is 1. The summed E-state index contributed by atoms with van der Waals surface area (Å²) in [4.78, 5) is 33.1. The second-order valence-electron chi connectivity index (χ2n) is 8.73. The van der Waals surface area contributed by atoms with E-state index in [-0.39, 0.29) is 11.9 Å². The Balaban J connectivity index is 1.43. The van der Waals surface area contributed by atoms with Gasteiger partial charge in [-0.05, 0) is 61.4 Å². The van der Waals surface area contributed by atoms with Crippen LogP contribution in [0.2, 0.25) is 0 Å². The van der Waals surface area contributed by atoms with Gasteiger partial charge in [-0.2, -0.15) is 0 Å². The summed E-state index contributed by atoms with van der Waals surface area (Å²) in [5.41, 5.74) is 3.71. The number of nitrogens with zero attached hydrogens (tertiary/aromatic N) is 2. The predicted octanol–water partition coefficient (Wildman–Crippen LogP) is 6.23. The number of fused-ring (bicyclic) bond motifs is 1. The smallest absolute Gasteiger partial charge is 0.323 e. The molecule has 1 saturated heterocycles. The highest BCUT2D eigenvalue weighted by Gasteiger charge is 2.37. The van der Waals surface area contributed by atoms with E-state index in [9.17, 15) is 14.0 Å². The van der Waals surface area contributed by atoms with Crippen LogP contribution in [0.4, 0.5) is 26.2 Å². The maximum Gasteiger partial charge on any atom is 0.323 e. The van der Waals surface area contributed by atoms with Crippen molar-refractivity contribution in [3.63, 3.8) is 0 Å². The molecule has 1 atom stereocenters. The van der Waals surface area contributed by atoms with E-state index in [1.54, 1.807) is 23.9 Å². The number of allylic oxidation sites excluding steroid dienone is 1. The first-order valence-corrected chi connectivity index (χ1v) is 13.0. The molecule has 2 aliphatic heterocycles. The Bertz CT molecular complexity index is 1390. The Morgan fingerprint density at radius 1 is 0.919 bits per heavy atom. The van der Waals surface area contributed by atoms with Gasteiger partial charge in [-0.15, -0.1) is 0 Å². The number of halogens is 1. The van der Waals surface area contributed by atoms with Crippen LogP contribution in [0.3, 0.4) is 0 Å². The van der Waals surface area contributed by atoms with Crippen molar-refractivity contribution in [2.24, 2.45) is 4.99 Å². The predicted molar refractivity (Wildman–Crippen MR) is 147 cm³/mol. The van der Waals surface area contributed by atoms with Gasteiger partial charge in [-0.25, -0.2) is 14.2 Å². The summed E-state index contributed by atoms with van der Waals surface area (Å²) in [6.45, 7) is 2.63. The molecule has 0 aromatic heterocycles. The highest BCUT2D eigenvalue weighted by Crippen LogP contribution is 2.40. The molecule has 1 fully saturated rings. The summed E-state index contributed by atoms with van der Waals surface area (Å²) in [5.74, 6) is 0.328. The van der Waals surface area contributed by atoms with Gasteiger partial charge < -0.3 is 20.9 Å². The first kappa shape index (κ1) is 24.6. The molecular weight excluding hydrogens is 489 g/mol. The fourth-order valence-electron chi connectivity index (χ4n) is 4.47. The van der Waals surface area contributed by atoms with E-state index in [4.69, 9.17) is 4.99 Å². The number of anilines is 3.